The molecule has 1 rings (SSSR count). The molecule has 0 aromatic heterocycles. The molecule has 1 N–H and O–H groups in total. The SMILES string of the molecule is CC/C=C\C(C(C)C)C(C)C(C)C(C1=C(C)C=C=CC=C1)C(C)CCCCC(C)NC. The zero-order valence-electron chi connectivity index (χ0n) is 22.0. The molecule has 0 aromatic rings. The predicted molar refractivity (Wildman–Crippen MR) is 140 cm³/mol. The highest BCUT2D eigenvalue weighted by Gasteiger charge is 2.34. The molecule has 1 aliphatic rings. The molecule has 0 aliphatic heterocycles. The number of rotatable bonds is 14. The van der Waals surface area contributed by atoms with Crippen molar-refractivity contribution >= 4 is 0 Å². The smallest absolute Gasteiger partial charge is 0.00357 e. The highest BCUT2D eigenvalue weighted by atomic mass is 14.8. The first-order valence-electron chi connectivity index (χ1n) is 12.9. The van der Waals surface area contributed by atoms with Gasteiger partial charge in [-0.1, -0.05) is 85.1 Å². The van der Waals surface area contributed by atoms with Crippen LogP contribution in [-0.2, 0) is 0 Å². The molecule has 0 aromatic carbocycles. The molecule has 0 saturated heterocycles. The third-order valence-electron chi connectivity index (χ3n) is 7.60. The van der Waals surface area contributed by atoms with Crippen LogP contribution in [0.4, 0.5) is 0 Å². The van der Waals surface area contributed by atoms with Crippen LogP contribution in [0.3, 0.4) is 0 Å². The van der Waals surface area contributed by atoms with Crippen LogP contribution in [0.5, 0.6) is 0 Å². The van der Waals surface area contributed by atoms with Crippen LogP contribution in [0.15, 0.2) is 53.3 Å². The summed E-state index contributed by atoms with van der Waals surface area (Å²) in [6.07, 6.45) is 20.0. The van der Waals surface area contributed by atoms with Crippen molar-refractivity contribution < 1.29 is 0 Å². The Morgan fingerprint density at radius 2 is 1.68 bits per heavy atom. The lowest BCUT2D eigenvalue weighted by Gasteiger charge is -2.39. The Hall–Kier alpha value is -1.30. The fourth-order valence-electron chi connectivity index (χ4n) is 5.29. The summed E-state index contributed by atoms with van der Waals surface area (Å²) < 4.78 is 0. The van der Waals surface area contributed by atoms with Crippen LogP contribution in [0.1, 0.15) is 87.5 Å². The van der Waals surface area contributed by atoms with E-state index in [4.69, 9.17) is 0 Å². The van der Waals surface area contributed by atoms with Crippen LogP contribution in [0.25, 0.3) is 0 Å². The molecule has 176 valence electrons. The Bertz CT molecular complexity index is 656. The van der Waals surface area contributed by atoms with E-state index in [-0.39, 0.29) is 0 Å². The van der Waals surface area contributed by atoms with Gasteiger partial charge in [0.25, 0.3) is 0 Å². The molecule has 0 bridgehead atoms. The van der Waals surface area contributed by atoms with Crippen LogP contribution in [0, 0.1) is 35.5 Å². The van der Waals surface area contributed by atoms with E-state index < -0.39 is 0 Å². The summed E-state index contributed by atoms with van der Waals surface area (Å²) in [5.74, 6) is 3.82. The summed E-state index contributed by atoms with van der Waals surface area (Å²) in [5, 5.41) is 3.38. The van der Waals surface area contributed by atoms with Crippen molar-refractivity contribution in [1.82, 2.24) is 5.32 Å². The van der Waals surface area contributed by atoms with Gasteiger partial charge in [-0.3, -0.25) is 0 Å². The molecule has 0 heterocycles. The third-order valence-corrected chi connectivity index (χ3v) is 7.60. The average Bonchev–Trinajstić information content (AvgIpc) is 2.95. The first kappa shape index (κ1) is 27.7. The molecule has 0 amide bonds. The van der Waals surface area contributed by atoms with Gasteiger partial charge in [0.15, 0.2) is 0 Å². The van der Waals surface area contributed by atoms with Gasteiger partial charge in [0.05, 0.1) is 0 Å². The van der Waals surface area contributed by atoms with Gasteiger partial charge in [-0.05, 0) is 92.5 Å². The lowest BCUT2D eigenvalue weighted by Crippen LogP contribution is -2.32. The van der Waals surface area contributed by atoms with Crippen molar-refractivity contribution in [1.29, 1.82) is 0 Å². The minimum Gasteiger partial charge on any atom is -0.317 e. The molecule has 0 spiro atoms. The van der Waals surface area contributed by atoms with Gasteiger partial charge in [0, 0.05) is 6.04 Å². The lowest BCUT2D eigenvalue weighted by molar-refractivity contribution is 0.165. The number of hydrogen-bond acceptors (Lipinski definition) is 1. The Balaban J connectivity index is 3.11. The van der Waals surface area contributed by atoms with Gasteiger partial charge in [0.2, 0.25) is 0 Å². The zero-order chi connectivity index (χ0) is 23.4. The van der Waals surface area contributed by atoms with Crippen molar-refractivity contribution in [2.75, 3.05) is 7.05 Å². The van der Waals surface area contributed by atoms with Crippen molar-refractivity contribution in [2.24, 2.45) is 35.5 Å². The maximum Gasteiger partial charge on any atom is 0.00357 e. The van der Waals surface area contributed by atoms with Crippen molar-refractivity contribution in [3.05, 3.63) is 53.3 Å². The van der Waals surface area contributed by atoms with E-state index in [0.717, 1.165) is 6.42 Å². The summed E-state index contributed by atoms with van der Waals surface area (Å²) >= 11 is 0. The molecular formula is C30H51N. The third kappa shape index (κ3) is 8.99. The Kier molecular flexibility index (Phi) is 13.2. The predicted octanol–water partition coefficient (Wildman–Crippen LogP) is 8.52. The number of allylic oxidation sites excluding steroid dienone is 7. The second kappa shape index (κ2) is 14.7. The largest absolute Gasteiger partial charge is 0.317 e. The minimum absolute atomic E-state index is 0.578. The van der Waals surface area contributed by atoms with E-state index in [9.17, 15) is 0 Å². The topological polar surface area (TPSA) is 12.0 Å². The molecule has 6 unspecified atom stereocenters. The maximum atomic E-state index is 3.38. The number of unbranched alkanes of at least 4 members (excludes halogenated alkanes) is 1. The lowest BCUT2D eigenvalue weighted by atomic mass is 9.66. The molecule has 0 saturated carbocycles. The van der Waals surface area contributed by atoms with Crippen molar-refractivity contribution in [2.45, 2.75) is 93.5 Å². The summed E-state index contributed by atoms with van der Waals surface area (Å²) in [6.45, 7) is 19.1. The normalized spacial score (nSPS) is 20.2. The van der Waals surface area contributed by atoms with E-state index in [1.165, 1.54) is 36.8 Å². The molecule has 1 nitrogen and oxygen atoms in total. The Morgan fingerprint density at radius 1 is 1.00 bits per heavy atom. The summed E-state index contributed by atoms with van der Waals surface area (Å²) in [6, 6.07) is 0.619. The minimum atomic E-state index is 0.578. The highest BCUT2D eigenvalue weighted by molar-refractivity contribution is 5.38. The van der Waals surface area contributed by atoms with Gasteiger partial charge >= 0.3 is 0 Å². The molecule has 1 aliphatic carbocycles. The quantitative estimate of drug-likeness (QED) is 0.167. The average molecular weight is 426 g/mol. The molecule has 31 heavy (non-hydrogen) atoms. The van der Waals surface area contributed by atoms with E-state index in [1.807, 2.05) is 6.08 Å². The maximum absolute atomic E-state index is 3.38. The number of hydrogen-bond donors (Lipinski definition) is 1. The fourth-order valence-corrected chi connectivity index (χ4v) is 5.29. The number of nitrogens with one attached hydrogen (secondary N) is 1. The van der Waals surface area contributed by atoms with Gasteiger partial charge < -0.3 is 5.32 Å². The monoisotopic (exact) mass is 425 g/mol. The first-order chi connectivity index (χ1) is 14.7. The standard InChI is InChI=1S/C30H51N/c1-10-11-20-28(22(2)3)26(7)27(8)30(29-21-14-12-13-17-23(29)4)24(5)18-15-16-19-25(6)31-9/h11-12,14,17,20-22,24-28,30-31H,10,15-16,18-19H2,1-9H3/b20-11-. The van der Waals surface area contributed by atoms with E-state index >= 15 is 0 Å². The zero-order valence-corrected chi connectivity index (χ0v) is 22.0. The second-order valence-electron chi connectivity index (χ2n) is 10.3. The van der Waals surface area contributed by atoms with Crippen LogP contribution < -0.4 is 5.32 Å². The van der Waals surface area contributed by atoms with Crippen molar-refractivity contribution in [3.63, 3.8) is 0 Å². The second-order valence-corrected chi connectivity index (χ2v) is 10.3. The molecule has 0 radical (unpaired) electrons. The molecule has 6 atom stereocenters. The van der Waals surface area contributed by atoms with Crippen LogP contribution in [-0.4, -0.2) is 13.1 Å². The van der Waals surface area contributed by atoms with E-state index in [2.05, 4.69) is 104 Å². The van der Waals surface area contributed by atoms with Crippen molar-refractivity contribution in [3.8, 4) is 0 Å². The molecule has 0 fully saturated rings. The van der Waals surface area contributed by atoms with Gasteiger partial charge in [-0.2, -0.15) is 0 Å². The Labute approximate surface area is 194 Å². The first-order valence-corrected chi connectivity index (χ1v) is 12.9. The van der Waals surface area contributed by atoms with Gasteiger partial charge in [0.1, 0.15) is 0 Å². The van der Waals surface area contributed by atoms with Gasteiger partial charge in [-0.15, -0.1) is 5.73 Å². The van der Waals surface area contributed by atoms with Gasteiger partial charge in [-0.25, -0.2) is 0 Å². The molecular weight excluding hydrogens is 374 g/mol. The summed E-state index contributed by atoms with van der Waals surface area (Å²) in [7, 11) is 2.07. The fraction of sp³-hybridized carbons (Fsp3) is 0.700. The van der Waals surface area contributed by atoms with Crippen LogP contribution in [0.2, 0.25) is 0 Å². The van der Waals surface area contributed by atoms with Crippen LogP contribution >= 0.6 is 0 Å². The molecule has 1 heteroatoms. The summed E-state index contributed by atoms with van der Waals surface area (Å²) in [5.41, 5.74) is 6.23. The Morgan fingerprint density at radius 3 is 2.29 bits per heavy atom. The van der Waals surface area contributed by atoms with E-state index in [0.29, 0.717) is 41.5 Å². The highest BCUT2D eigenvalue weighted by Crippen LogP contribution is 2.42. The summed E-state index contributed by atoms with van der Waals surface area (Å²) in [4.78, 5) is 0. The van der Waals surface area contributed by atoms with E-state index in [1.54, 1.807) is 0 Å².